The minimum Gasteiger partial charge on any atom is -0.493 e. The van der Waals surface area contributed by atoms with Crippen LogP contribution in [0.3, 0.4) is 0 Å². The van der Waals surface area contributed by atoms with Gasteiger partial charge in [-0.1, -0.05) is 31.2 Å². The lowest BCUT2D eigenvalue weighted by Gasteiger charge is -2.12. The summed E-state index contributed by atoms with van der Waals surface area (Å²) in [6, 6.07) is 10.7. The maximum atomic E-state index is 12.3. The molecular weight excluding hydrogens is 274 g/mol. The largest absolute Gasteiger partial charge is 0.493 e. The van der Waals surface area contributed by atoms with Gasteiger partial charge in [0.05, 0.1) is 11.5 Å². The first-order valence-corrected chi connectivity index (χ1v) is 8.22. The molecule has 108 valence electrons. The molecule has 1 N–H and O–H groups in total. The molecule has 2 aromatic rings. The summed E-state index contributed by atoms with van der Waals surface area (Å²) in [4.78, 5) is 0.296. The highest BCUT2D eigenvalue weighted by atomic mass is 32.2. The predicted octanol–water partition coefficient (Wildman–Crippen LogP) is 2.93. The lowest BCUT2D eigenvalue weighted by molar-refractivity contribution is 0.344. The third-order valence-corrected chi connectivity index (χ3v) is 4.49. The monoisotopic (exact) mass is 293 g/mol. The van der Waals surface area contributed by atoms with Crippen LogP contribution in [-0.4, -0.2) is 21.6 Å². The topological polar surface area (TPSA) is 55.4 Å². The fraction of sp³-hybridized carbons (Fsp3) is 0.333. The van der Waals surface area contributed by atoms with Crippen molar-refractivity contribution in [1.82, 2.24) is 4.72 Å². The Morgan fingerprint density at radius 3 is 2.40 bits per heavy atom. The molecule has 0 bridgehead atoms. The molecule has 0 aliphatic carbocycles. The second kappa shape index (κ2) is 6.24. The molecule has 0 radical (unpaired) electrons. The second-order valence-electron chi connectivity index (χ2n) is 4.44. The highest BCUT2D eigenvalue weighted by Gasteiger charge is 2.18. The van der Waals surface area contributed by atoms with Crippen LogP contribution in [0.1, 0.15) is 20.3 Å². The first kappa shape index (κ1) is 14.8. The number of nitrogens with one attached hydrogen (secondary N) is 1. The highest BCUT2D eigenvalue weighted by molar-refractivity contribution is 7.89. The Bertz CT molecular complexity index is 695. The van der Waals surface area contributed by atoms with Gasteiger partial charge in [0, 0.05) is 17.3 Å². The van der Waals surface area contributed by atoms with Crippen LogP contribution in [-0.2, 0) is 10.0 Å². The van der Waals surface area contributed by atoms with E-state index in [2.05, 4.69) is 4.72 Å². The van der Waals surface area contributed by atoms with E-state index >= 15 is 0 Å². The molecule has 0 saturated carbocycles. The summed E-state index contributed by atoms with van der Waals surface area (Å²) in [6.07, 6.45) is 0.758. The van der Waals surface area contributed by atoms with Crippen LogP contribution >= 0.6 is 0 Å². The molecule has 0 aliphatic heterocycles. The third-order valence-electron chi connectivity index (χ3n) is 2.98. The average molecular weight is 293 g/mol. The molecule has 20 heavy (non-hydrogen) atoms. The lowest BCUT2D eigenvalue weighted by atomic mass is 10.1. The van der Waals surface area contributed by atoms with E-state index in [0.717, 1.165) is 11.8 Å². The number of fused-ring (bicyclic) bond motifs is 1. The van der Waals surface area contributed by atoms with Gasteiger partial charge in [0.15, 0.2) is 0 Å². The van der Waals surface area contributed by atoms with Crippen molar-refractivity contribution in [2.75, 3.05) is 13.2 Å². The number of benzene rings is 2. The molecule has 0 atom stereocenters. The first-order chi connectivity index (χ1) is 9.60. The molecule has 0 amide bonds. The van der Waals surface area contributed by atoms with Crippen molar-refractivity contribution in [2.45, 2.75) is 25.2 Å². The van der Waals surface area contributed by atoms with Crippen LogP contribution in [0.15, 0.2) is 41.3 Å². The zero-order valence-corrected chi connectivity index (χ0v) is 12.5. The molecule has 2 aromatic carbocycles. The Balaban J connectivity index is 2.59. The Morgan fingerprint density at radius 2 is 1.75 bits per heavy atom. The Morgan fingerprint density at radius 1 is 1.05 bits per heavy atom. The van der Waals surface area contributed by atoms with E-state index in [9.17, 15) is 8.42 Å². The zero-order valence-electron chi connectivity index (χ0n) is 11.7. The molecule has 0 spiro atoms. The van der Waals surface area contributed by atoms with Crippen LogP contribution < -0.4 is 9.46 Å². The lowest BCUT2D eigenvalue weighted by Crippen LogP contribution is -2.24. The van der Waals surface area contributed by atoms with Gasteiger partial charge in [0.2, 0.25) is 10.0 Å². The fourth-order valence-corrected chi connectivity index (χ4v) is 3.42. The summed E-state index contributed by atoms with van der Waals surface area (Å²) in [6.45, 7) is 4.81. The van der Waals surface area contributed by atoms with Crippen molar-refractivity contribution >= 4 is 20.8 Å². The standard InChI is InChI=1S/C15H19NO3S/c1-3-11-16-20(17,18)15-10-9-14(19-4-2)12-7-5-6-8-13(12)15/h5-10,16H,3-4,11H2,1-2H3. The zero-order chi connectivity index (χ0) is 14.6. The van der Waals surface area contributed by atoms with E-state index in [4.69, 9.17) is 4.74 Å². The molecule has 0 aliphatic rings. The van der Waals surface area contributed by atoms with E-state index in [1.807, 2.05) is 32.0 Å². The smallest absolute Gasteiger partial charge is 0.241 e. The predicted molar refractivity (Wildman–Crippen MR) is 80.6 cm³/mol. The molecule has 0 saturated heterocycles. The Kier molecular flexibility index (Phi) is 4.62. The highest BCUT2D eigenvalue weighted by Crippen LogP contribution is 2.30. The van der Waals surface area contributed by atoms with Gasteiger partial charge in [-0.05, 0) is 25.5 Å². The van der Waals surface area contributed by atoms with Crippen molar-refractivity contribution in [1.29, 1.82) is 0 Å². The SMILES string of the molecule is CCCNS(=O)(=O)c1ccc(OCC)c2ccccc12. The van der Waals surface area contributed by atoms with E-state index in [0.29, 0.717) is 29.2 Å². The van der Waals surface area contributed by atoms with Gasteiger partial charge >= 0.3 is 0 Å². The Hall–Kier alpha value is -1.59. The van der Waals surface area contributed by atoms with Crippen LogP contribution in [0.25, 0.3) is 10.8 Å². The van der Waals surface area contributed by atoms with Gasteiger partial charge in [-0.25, -0.2) is 13.1 Å². The average Bonchev–Trinajstić information content (AvgIpc) is 2.45. The van der Waals surface area contributed by atoms with E-state index < -0.39 is 10.0 Å². The summed E-state index contributed by atoms with van der Waals surface area (Å²) in [5.74, 6) is 0.706. The maximum Gasteiger partial charge on any atom is 0.241 e. The van der Waals surface area contributed by atoms with Crippen molar-refractivity contribution < 1.29 is 13.2 Å². The van der Waals surface area contributed by atoms with Crippen LogP contribution in [0.4, 0.5) is 0 Å². The van der Waals surface area contributed by atoms with Gasteiger partial charge in [0.1, 0.15) is 5.75 Å². The minimum absolute atomic E-state index is 0.296. The Labute approximate surface area is 119 Å². The minimum atomic E-state index is -3.49. The van der Waals surface area contributed by atoms with Gasteiger partial charge in [0.25, 0.3) is 0 Å². The number of hydrogen-bond donors (Lipinski definition) is 1. The summed E-state index contributed by atoms with van der Waals surface area (Å²) in [5, 5.41) is 1.50. The van der Waals surface area contributed by atoms with Gasteiger partial charge in [-0.3, -0.25) is 0 Å². The van der Waals surface area contributed by atoms with E-state index in [1.54, 1.807) is 18.2 Å². The third kappa shape index (κ3) is 2.94. The maximum absolute atomic E-state index is 12.3. The van der Waals surface area contributed by atoms with Crippen molar-refractivity contribution in [3.8, 4) is 5.75 Å². The van der Waals surface area contributed by atoms with Gasteiger partial charge in [-0.2, -0.15) is 0 Å². The summed E-state index contributed by atoms with van der Waals surface area (Å²) >= 11 is 0. The van der Waals surface area contributed by atoms with Crippen molar-refractivity contribution in [3.63, 3.8) is 0 Å². The number of rotatable bonds is 6. The van der Waals surface area contributed by atoms with Crippen LogP contribution in [0.2, 0.25) is 0 Å². The van der Waals surface area contributed by atoms with Gasteiger partial charge in [-0.15, -0.1) is 0 Å². The summed E-state index contributed by atoms with van der Waals surface area (Å²) in [7, 11) is -3.49. The van der Waals surface area contributed by atoms with Crippen LogP contribution in [0, 0.1) is 0 Å². The molecule has 0 heterocycles. The molecule has 4 nitrogen and oxygen atoms in total. The van der Waals surface area contributed by atoms with Crippen LogP contribution in [0.5, 0.6) is 5.75 Å². The normalized spacial score (nSPS) is 11.7. The summed E-state index contributed by atoms with van der Waals surface area (Å²) < 4.78 is 32.8. The van der Waals surface area contributed by atoms with Crippen molar-refractivity contribution in [3.05, 3.63) is 36.4 Å². The molecule has 5 heteroatoms. The van der Waals surface area contributed by atoms with E-state index in [1.165, 1.54) is 0 Å². The molecule has 0 fully saturated rings. The number of ether oxygens (including phenoxy) is 1. The molecule has 0 unspecified atom stereocenters. The summed E-state index contributed by atoms with van der Waals surface area (Å²) in [5.41, 5.74) is 0. The molecular formula is C15H19NO3S. The fourth-order valence-electron chi connectivity index (χ4n) is 2.07. The number of sulfonamides is 1. The quantitative estimate of drug-likeness (QED) is 0.891. The number of hydrogen-bond acceptors (Lipinski definition) is 3. The van der Waals surface area contributed by atoms with Crippen molar-refractivity contribution in [2.24, 2.45) is 0 Å². The van der Waals surface area contributed by atoms with Gasteiger partial charge < -0.3 is 4.74 Å². The first-order valence-electron chi connectivity index (χ1n) is 6.74. The molecule has 2 rings (SSSR count). The molecule has 0 aromatic heterocycles. The van der Waals surface area contributed by atoms with E-state index in [-0.39, 0.29) is 0 Å². The second-order valence-corrected chi connectivity index (χ2v) is 6.17.